The first-order valence-electron chi connectivity index (χ1n) is 2.43. The van der Waals surface area contributed by atoms with E-state index in [1.54, 1.807) is 0 Å². The van der Waals surface area contributed by atoms with Crippen LogP contribution in [0.5, 0.6) is 0 Å². The van der Waals surface area contributed by atoms with Crippen LogP contribution in [0.4, 0.5) is 0 Å². The third-order valence-electron chi connectivity index (χ3n) is 0.661. The fourth-order valence-corrected chi connectivity index (χ4v) is 35.6. The predicted molar refractivity (Wildman–Crippen MR) is 46.1 cm³/mol. The summed E-state index contributed by atoms with van der Waals surface area (Å²) in [6.07, 6.45) is 6.75. The molecule has 0 radical (unpaired) electrons. The molecule has 0 aromatic rings. The summed E-state index contributed by atoms with van der Waals surface area (Å²) < 4.78 is 0. The van der Waals surface area contributed by atoms with Gasteiger partial charge in [-0.05, 0) is 0 Å². The number of hydrogen-bond donors (Lipinski definition) is 0. The molecule has 1 heterocycles. The standard InChI is InChI=1S/C5H6Se4/c1-2-4-6-8-9-7-5-3-1/h1-4H,5H2. The van der Waals surface area contributed by atoms with Crippen molar-refractivity contribution in [2.75, 3.05) is 0 Å². The molecule has 0 nitrogen and oxygen atoms in total. The Morgan fingerprint density at radius 1 is 1.11 bits per heavy atom. The normalized spacial score (nSPS) is 20.4. The maximum atomic E-state index is 2.37. The molecule has 0 spiro atoms. The summed E-state index contributed by atoms with van der Waals surface area (Å²) in [6.45, 7) is 0. The zero-order chi connectivity index (χ0) is 6.36. The molecule has 0 aliphatic carbocycles. The van der Waals surface area contributed by atoms with Crippen LogP contribution in [0.15, 0.2) is 23.2 Å². The van der Waals surface area contributed by atoms with E-state index in [9.17, 15) is 0 Å². The van der Waals surface area contributed by atoms with Gasteiger partial charge in [-0.15, -0.1) is 0 Å². The van der Waals surface area contributed by atoms with Crippen molar-refractivity contribution in [1.82, 2.24) is 0 Å². The molecule has 9 heavy (non-hydrogen) atoms. The Kier molecular flexibility index (Phi) is 6.04. The van der Waals surface area contributed by atoms with Crippen LogP contribution >= 0.6 is 0 Å². The average molecular weight is 382 g/mol. The molecule has 1 aliphatic rings. The Labute approximate surface area is 76.6 Å². The molecule has 0 saturated heterocycles. The molecular formula is C5H6Se4. The van der Waals surface area contributed by atoms with Crippen molar-refractivity contribution in [2.45, 2.75) is 5.32 Å². The molecule has 0 saturated carbocycles. The fraction of sp³-hybridized carbons (Fsp3) is 0.200. The van der Waals surface area contributed by atoms with Gasteiger partial charge in [0.05, 0.1) is 0 Å². The van der Waals surface area contributed by atoms with Gasteiger partial charge in [0, 0.05) is 0 Å². The van der Waals surface area contributed by atoms with E-state index in [0.717, 1.165) is 48.9 Å². The van der Waals surface area contributed by atoms with E-state index in [-0.39, 0.29) is 0 Å². The van der Waals surface area contributed by atoms with Crippen LogP contribution < -0.4 is 0 Å². The molecular weight excluding hydrogens is 376 g/mol. The summed E-state index contributed by atoms with van der Waals surface area (Å²) in [6, 6.07) is 0. The quantitative estimate of drug-likeness (QED) is 0.520. The van der Waals surface area contributed by atoms with Crippen LogP contribution in [0, 0.1) is 0 Å². The van der Waals surface area contributed by atoms with E-state index in [2.05, 4.69) is 23.2 Å². The summed E-state index contributed by atoms with van der Waals surface area (Å²) in [7, 11) is 0. The van der Waals surface area contributed by atoms with Gasteiger partial charge in [0.2, 0.25) is 0 Å². The third-order valence-corrected chi connectivity index (χ3v) is 37.0. The van der Waals surface area contributed by atoms with Crippen LogP contribution in [-0.4, -0.2) is 48.9 Å². The number of hydrogen-bond acceptors (Lipinski definition) is 0. The molecule has 0 unspecified atom stereocenters. The first kappa shape index (κ1) is 8.65. The molecule has 0 bridgehead atoms. The summed E-state index contributed by atoms with van der Waals surface area (Å²) in [4.78, 5) is 2.37. The van der Waals surface area contributed by atoms with Crippen molar-refractivity contribution in [3.8, 4) is 0 Å². The Morgan fingerprint density at radius 3 is 3.11 bits per heavy atom. The van der Waals surface area contributed by atoms with Crippen molar-refractivity contribution in [3.05, 3.63) is 23.2 Å². The van der Waals surface area contributed by atoms with Gasteiger partial charge >= 0.3 is 77.4 Å². The molecule has 50 valence electrons. The molecule has 0 aromatic heterocycles. The van der Waals surface area contributed by atoms with Gasteiger partial charge in [-0.25, -0.2) is 0 Å². The van der Waals surface area contributed by atoms with E-state index in [4.69, 9.17) is 0 Å². The Bertz CT molecular complexity index is 104. The van der Waals surface area contributed by atoms with Gasteiger partial charge in [0.1, 0.15) is 0 Å². The van der Waals surface area contributed by atoms with Gasteiger partial charge in [-0.3, -0.25) is 0 Å². The van der Waals surface area contributed by atoms with Crippen molar-refractivity contribution in [2.24, 2.45) is 0 Å². The molecule has 0 fully saturated rings. The first-order valence-corrected chi connectivity index (χ1v) is 17.6. The van der Waals surface area contributed by atoms with Crippen LogP contribution in [0.1, 0.15) is 0 Å². The van der Waals surface area contributed by atoms with Crippen molar-refractivity contribution in [1.29, 1.82) is 0 Å². The molecule has 0 atom stereocenters. The molecule has 4 heteroatoms. The van der Waals surface area contributed by atoms with Gasteiger partial charge < -0.3 is 0 Å². The maximum absolute atomic E-state index is 2.37. The Balaban J connectivity index is 2.28. The second-order valence-electron chi connectivity index (χ2n) is 1.27. The average Bonchev–Trinajstić information content (AvgIpc) is 2.00. The van der Waals surface area contributed by atoms with Crippen molar-refractivity contribution < 1.29 is 0 Å². The van der Waals surface area contributed by atoms with Crippen molar-refractivity contribution >= 4 is 48.9 Å². The van der Waals surface area contributed by atoms with Gasteiger partial charge in [0.15, 0.2) is 0 Å². The van der Waals surface area contributed by atoms with Gasteiger partial charge in [-0.2, -0.15) is 0 Å². The number of allylic oxidation sites excluding steroid dienone is 3. The fourth-order valence-electron chi connectivity index (χ4n) is 0.337. The predicted octanol–water partition coefficient (Wildman–Crippen LogP) is 0.0500. The minimum atomic E-state index is 0.892. The summed E-state index contributed by atoms with van der Waals surface area (Å²) in [5.74, 6) is 0. The topological polar surface area (TPSA) is 0 Å². The number of rotatable bonds is 0. The van der Waals surface area contributed by atoms with Crippen LogP contribution in [-0.2, 0) is 0 Å². The third kappa shape index (κ3) is 4.90. The molecule has 0 amide bonds. The summed E-state index contributed by atoms with van der Waals surface area (Å²) in [5.41, 5.74) is 0. The summed E-state index contributed by atoms with van der Waals surface area (Å²) >= 11 is 4.00. The van der Waals surface area contributed by atoms with Crippen molar-refractivity contribution in [3.63, 3.8) is 0 Å². The SMILES string of the molecule is C1=CC[Se][Se][Se][Se]C=C1. The van der Waals surface area contributed by atoms with E-state index in [1.165, 1.54) is 5.32 Å². The zero-order valence-corrected chi connectivity index (χ0v) is 11.5. The molecule has 0 N–H and O–H groups in total. The first-order chi connectivity index (χ1) is 4.50. The Morgan fingerprint density at radius 2 is 2.11 bits per heavy atom. The van der Waals surface area contributed by atoms with E-state index in [0.29, 0.717) is 0 Å². The Hall–Kier alpha value is 1.56. The summed E-state index contributed by atoms with van der Waals surface area (Å²) in [5, 5.41) is 1.38. The second-order valence-corrected chi connectivity index (χ2v) is 27.1. The second kappa shape index (κ2) is 6.28. The van der Waals surface area contributed by atoms with E-state index in [1.807, 2.05) is 0 Å². The van der Waals surface area contributed by atoms with Gasteiger partial charge in [0.25, 0.3) is 0 Å². The minimum absolute atomic E-state index is 0.892. The zero-order valence-electron chi connectivity index (χ0n) is 4.65. The van der Waals surface area contributed by atoms with E-state index < -0.39 is 0 Å². The van der Waals surface area contributed by atoms with Crippen LogP contribution in [0.25, 0.3) is 0 Å². The van der Waals surface area contributed by atoms with Crippen LogP contribution in [0.2, 0.25) is 5.32 Å². The molecule has 1 aliphatic heterocycles. The van der Waals surface area contributed by atoms with Crippen LogP contribution in [0.3, 0.4) is 0 Å². The molecule has 0 aromatic carbocycles. The molecule has 1 rings (SSSR count). The van der Waals surface area contributed by atoms with Gasteiger partial charge in [-0.1, -0.05) is 0 Å². The van der Waals surface area contributed by atoms with E-state index >= 15 is 0 Å². The monoisotopic (exact) mass is 386 g/mol.